The lowest BCUT2D eigenvalue weighted by Crippen LogP contribution is -2.52. The molecular formula is C35H44N8O3. The van der Waals surface area contributed by atoms with E-state index in [4.69, 9.17) is 34.9 Å². The molecule has 5 aliphatic rings. The topological polar surface area (TPSA) is 139 Å². The molecular weight excluding hydrogens is 580 g/mol. The van der Waals surface area contributed by atoms with Crippen LogP contribution in [0.1, 0.15) is 79.9 Å². The van der Waals surface area contributed by atoms with E-state index in [0.29, 0.717) is 28.6 Å². The van der Waals surface area contributed by atoms with E-state index in [1.54, 1.807) is 7.11 Å². The monoisotopic (exact) mass is 624 g/mol. The van der Waals surface area contributed by atoms with Crippen LogP contribution in [0.2, 0.25) is 0 Å². The Kier molecular flexibility index (Phi) is 7.23. The van der Waals surface area contributed by atoms with Crippen molar-refractivity contribution in [1.29, 1.82) is 5.26 Å². The van der Waals surface area contributed by atoms with Crippen LogP contribution >= 0.6 is 0 Å². The zero-order valence-electron chi connectivity index (χ0n) is 27.1. The quantitative estimate of drug-likeness (QED) is 0.385. The maximum atomic E-state index is 10.2. The molecule has 2 spiro atoms. The first-order chi connectivity index (χ1) is 22.3. The third-order valence-corrected chi connectivity index (χ3v) is 11.4. The average molecular weight is 625 g/mol. The standard InChI is InChI=1S/C35H44N8O3/c1-21(31-26(44-3)10-16-42(31)2)45-28-18-27(43-17-15-38-34(20-43)13-14-34)39-33(40-28)30-23-7-5-12-35(32(23)46-41-30)11-4-6-22-8-9-25(37)24(19-36)29(22)35/h8-9,18,21,26,31,38H,4-7,10-17,20,37H2,1-3H3/t21-,26-,31+,35+/m0/s1. The van der Waals surface area contributed by atoms with Gasteiger partial charge in [0.15, 0.2) is 17.3 Å². The Bertz CT molecular complexity index is 1690. The van der Waals surface area contributed by atoms with Crippen molar-refractivity contribution in [3.63, 3.8) is 0 Å². The van der Waals surface area contributed by atoms with Crippen LogP contribution in [0, 0.1) is 11.3 Å². The van der Waals surface area contributed by atoms with Crippen LogP contribution in [0.5, 0.6) is 5.88 Å². The molecule has 0 bridgehead atoms. The predicted molar refractivity (Wildman–Crippen MR) is 174 cm³/mol. The summed E-state index contributed by atoms with van der Waals surface area (Å²) in [4.78, 5) is 14.8. The number of hydrogen-bond donors (Lipinski definition) is 2. The van der Waals surface area contributed by atoms with Crippen molar-refractivity contribution in [1.82, 2.24) is 25.3 Å². The van der Waals surface area contributed by atoms with Gasteiger partial charge in [0.05, 0.1) is 23.1 Å². The fraction of sp³-hybridized carbons (Fsp3) is 0.600. The van der Waals surface area contributed by atoms with Crippen molar-refractivity contribution in [3.8, 4) is 23.5 Å². The van der Waals surface area contributed by atoms with Gasteiger partial charge in [-0.05, 0) is 89.0 Å². The second-order valence-electron chi connectivity index (χ2n) is 14.2. The molecule has 4 heterocycles. The highest BCUT2D eigenvalue weighted by Crippen LogP contribution is 2.53. The molecule has 1 saturated carbocycles. The number of nitriles is 1. The highest BCUT2D eigenvalue weighted by atomic mass is 16.5. The normalized spacial score (nSPS) is 27.3. The van der Waals surface area contributed by atoms with Gasteiger partial charge in [-0.3, -0.25) is 4.90 Å². The summed E-state index contributed by atoms with van der Waals surface area (Å²) in [6, 6.07) is 8.50. The molecule has 3 aromatic rings. The lowest BCUT2D eigenvalue weighted by atomic mass is 9.61. The summed E-state index contributed by atoms with van der Waals surface area (Å²) in [5, 5.41) is 18.6. The van der Waals surface area contributed by atoms with Crippen LogP contribution in [-0.4, -0.2) is 84.1 Å². The third kappa shape index (κ3) is 4.76. The number of ether oxygens (including phenoxy) is 2. The van der Waals surface area contributed by atoms with Gasteiger partial charge in [0.25, 0.3) is 0 Å². The van der Waals surface area contributed by atoms with Crippen LogP contribution in [-0.2, 0) is 23.0 Å². The van der Waals surface area contributed by atoms with Crippen LogP contribution < -0.4 is 20.7 Å². The van der Waals surface area contributed by atoms with E-state index in [-0.39, 0.29) is 23.8 Å². The molecule has 8 rings (SSSR count). The predicted octanol–water partition coefficient (Wildman–Crippen LogP) is 3.97. The Morgan fingerprint density at radius 2 is 1.98 bits per heavy atom. The minimum Gasteiger partial charge on any atom is -0.473 e. The number of nitrogens with two attached hydrogens (primary N) is 1. The molecule has 2 aliphatic heterocycles. The van der Waals surface area contributed by atoms with Crippen molar-refractivity contribution < 1.29 is 14.0 Å². The van der Waals surface area contributed by atoms with Crippen molar-refractivity contribution in [3.05, 3.63) is 46.2 Å². The van der Waals surface area contributed by atoms with Crippen molar-refractivity contribution >= 4 is 11.5 Å². The van der Waals surface area contributed by atoms with Gasteiger partial charge in [-0.1, -0.05) is 11.2 Å². The summed E-state index contributed by atoms with van der Waals surface area (Å²) in [6.07, 6.45) is 8.80. The number of likely N-dealkylation sites (N-methyl/N-ethyl adjacent to an activating group) is 1. The lowest BCUT2D eigenvalue weighted by Gasteiger charge is -2.41. The number of benzene rings is 1. The van der Waals surface area contributed by atoms with Crippen LogP contribution in [0.15, 0.2) is 22.7 Å². The molecule has 46 heavy (non-hydrogen) atoms. The number of anilines is 2. The number of nitrogens with zero attached hydrogens (tertiary/aromatic N) is 6. The number of aromatic nitrogens is 3. The van der Waals surface area contributed by atoms with Gasteiger partial charge in [0, 0.05) is 56.1 Å². The van der Waals surface area contributed by atoms with Gasteiger partial charge < -0.3 is 29.9 Å². The Hall–Kier alpha value is -3.72. The molecule has 2 saturated heterocycles. The number of fused-ring (bicyclic) bond motifs is 4. The number of piperazine rings is 1. The van der Waals surface area contributed by atoms with Gasteiger partial charge in [0.1, 0.15) is 18.0 Å². The molecule has 0 unspecified atom stereocenters. The molecule has 1 aromatic carbocycles. The molecule has 3 aliphatic carbocycles. The fourth-order valence-corrected chi connectivity index (χ4v) is 8.98. The summed E-state index contributed by atoms with van der Waals surface area (Å²) in [7, 11) is 3.91. The molecule has 0 radical (unpaired) electrons. The Morgan fingerprint density at radius 3 is 2.76 bits per heavy atom. The van der Waals surface area contributed by atoms with Crippen molar-refractivity contribution in [2.24, 2.45) is 0 Å². The molecule has 11 heteroatoms. The van der Waals surface area contributed by atoms with E-state index in [1.807, 2.05) is 12.1 Å². The van der Waals surface area contributed by atoms with Gasteiger partial charge in [-0.2, -0.15) is 10.2 Å². The number of likely N-dealkylation sites (tertiary alicyclic amines) is 1. The average Bonchev–Trinajstić information content (AvgIpc) is 3.46. The molecule has 3 N–H and O–H groups in total. The molecule has 0 amide bonds. The summed E-state index contributed by atoms with van der Waals surface area (Å²) in [5.41, 5.74) is 11.1. The van der Waals surface area contributed by atoms with E-state index in [0.717, 1.165) is 93.8 Å². The first-order valence-electron chi connectivity index (χ1n) is 16.9. The fourth-order valence-electron chi connectivity index (χ4n) is 8.98. The summed E-state index contributed by atoms with van der Waals surface area (Å²) < 4.78 is 18.8. The van der Waals surface area contributed by atoms with Crippen molar-refractivity contribution in [2.45, 2.75) is 93.9 Å². The number of methoxy groups -OCH3 is 1. The second kappa shape index (κ2) is 11.2. The number of hydrogen-bond acceptors (Lipinski definition) is 11. The number of nitrogens with one attached hydrogen (secondary N) is 1. The smallest absolute Gasteiger partial charge is 0.219 e. The van der Waals surface area contributed by atoms with Crippen molar-refractivity contribution in [2.75, 3.05) is 51.0 Å². The Balaban J connectivity index is 1.21. The molecule has 2 aromatic heterocycles. The lowest BCUT2D eigenvalue weighted by molar-refractivity contribution is 0.0174. The highest BCUT2D eigenvalue weighted by Gasteiger charge is 2.49. The SMILES string of the molecule is CO[C@H]1CCN(C)[C@@H]1[C@H](C)Oc1cc(N2CCNC3(CC3)C2)nc(-c2noc3c2CCC[C@@]32CCCc3ccc(N)c(C#N)c32)n1. The van der Waals surface area contributed by atoms with Gasteiger partial charge >= 0.3 is 0 Å². The van der Waals surface area contributed by atoms with E-state index >= 15 is 0 Å². The Morgan fingerprint density at radius 1 is 1.15 bits per heavy atom. The van der Waals surface area contributed by atoms with Gasteiger partial charge in [0.2, 0.25) is 5.88 Å². The van der Waals surface area contributed by atoms with E-state index < -0.39 is 5.41 Å². The first kappa shape index (κ1) is 29.7. The van der Waals surface area contributed by atoms with Gasteiger partial charge in [-0.25, -0.2) is 4.98 Å². The number of aryl methyl sites for hydroxylation is 1. The number of rotatable bonds is 6. The zero-order valence-corrected chi connectivity index (χ0v) is 27.1. The summed E-state index contributed by atoms with van der Waals surface area (Å²) in [5.74, 6) is 2.76. The van der Waals surface area contributed by atoms with E-state index in [2.05, 4.69) is 41.2 Å². The highest BCUT2D eigenvalue weighted by molar-refractivity contribution is 5.67. The maximum Gasteiger partial charge on any atom is 0.219 e. The summed E-state index contributed by atoms with van der Waals surface area (Å²) in [6.45, 7) is 5.75. The van der Waals surface area contributed by atoms with Crippen LogP contribution in [0.25, 0.3) is 11.5 Å². The van der Waals surface area contributed by atoms with E-state index in [1.165, 1.54) is 18.4 Å². The molecule has 4 atom stereocenters. The summed E-state index contributed by atoms with van der Waals surface area (Å²) >= 11 is 0. The van der Waals surface area contributed by atoms with Crippen LogP contribution in [0.4, 0.5) is 11.5 Å². The maximum absolute atomic E-state index is 10.2. The largest absolute Gasteiger partial charge is 0.473 e. The van der Waals surface area contributed by atoms with Crippen LogP contribution in [0.3, 0.4) is 0 Å². The minimum atomic E-state index is -0.433. The second-order valence-corrected chi connectivity index (χ2v) is 14.2. The minimum absolute atomic E-state index is 0.105. The molecule has 242 valence electrons. The Labute approximate surface area is 270 Å². The van der Waals surface area contributed by atoms with E-state index in [9.17, 15) is 5.26 Å². The third-order valence-electron chi connectivity index (χ3n) is 11.4. The molecule has 11 nitrogen and oxygen atoms in total. The number of nitrogen functional groups attached to an aromatic ring is 1. The zero-order chi connectivity index (χ0) is 31.6. The first-order valence-corrected chi connectivity index (χ1v) is 16.9. The van der Waals surface area contributed by atoms with Gasteiger partial charge in [-0.15, -0.1) is 0 Å². The molecule has 3 fully saturated rings.